The number of amides is 1. The molecule has 1 aromatic carbocycles. The molecule has 1 fully saturated rings. The second-order valence-corrected chi connectivity index (χ2v) is 7.23. The third-order valence-electron chi connectivity index (χ3n) is 3.69. The highest BCUT2D eigenvalue weighted by Crippen LogP contribution is 2.15. The van der Waals surface area contributed by atoms with Crippen molar-refractivity contribution in [1.82, 2.24) is 15.5 Å². The van der Waals surface area contributed by atoms with E-state index in [4.69, 9.17) is 10.00 Å². The van der Waals surface area contributed by atoms with Gasteiger partial charge in [0.2, 0.25) is 0 Å². The number of guanidine groups is 1. The number of aliphatic imine (C=N–C) groups is 1. The van der Waals surface area contributed by atoms with Gasteiger partial charge in [0.05, 0.1) is 24.2 Å². The van der Waals surface area contributed by atoms with Crippen LogP contribution in [0, 0.1) is 11.3 Å². The van der Waals surface area contributed by atoms with Crippen molar-refractivity contribution in [2.24, 2.45) is 4.99 Å². The summed E-state index contributed by atoms with van der Waals surface area (Å²) in [6.07, 6.45) is -0.286. The van der Waals surface area contributed by atoms with Gasteiger partial charge < -0.3 is 20.3 Å². The molecule has 0 aromatic heterocycles. The molecule has 1 heterocycles. The van der Waals surface area contributed by atoms with Crippen LogP contribution in [0.2, 0.25) is 0 Å². The molecule has 0 bridgehead atoms. The monoisotopic (exact) mass is 357 g/mol. The maximum atomic E-state index is 12.0. The van der Waals surface area contributed by atoms with E-state index in [0.717, 1.165) is 12.1 Å². The second-order valence-electron chi connectivity index (χ2n) is 7.23. The molecule has 0 spiro atoms. The first-order valence-corrected chi connectivity index (χ1v) is 8.82. The molecule has 2 N–H and O–H groups in total. The fourth-order valence-electron chi connectivity index (χ4n) is 2.47. The van der Waals surface area contributed by atoms with Crippen LogP contribution in [0.5, 0.6) is 0 Å². The molecular weight excluding hydrogens is 330 g/mol. The number of hydrogen-bond acceptors (Lipinski definition) is 4. The number of carbonyl (C=O) groups excluding carboxylic acids is 1. The van der Waals surface area contributed by atoms with Gasteiger partial charge in [-0.25, -0.2) is 9.79 Å². The average Bonchev–Trinajstić information content (AvgIpc) is 2.53. The number of rotatable bonds is 4. The Bertz CT molecular complexity index is 697. The summed E-state index contributed by atoms with van der Waals surface area (Å²) in [5, 5.41) is 15.5. The standard InChI is InChI=1S/C19H27N5O2/c1-5-21-17(22-11-15-8-6-7-14(9-15)10-20)23-16-12-24(13-16)18(25)26-19(2,3)4/h6-9,16H,5,11-13H2,1-4H3,(H2,21,22,23). The third kappa shape index (κ3) is 5.96. The molecule has 7 heteroatoms. The topological polar surface area (TPSA) is 89.8 Å². The SMILES string of the molecule is CCNC(=NCc1cccc(C#N)c1)NC1CN(C(=O)OC(C)(C)C)C1. The van der Waals surface area contributed by atoms with Crippen molar-refractivity contribution in [3.63, 3.8) is 0 Å². The smallest absolute Gasteiger partial charge is 0.410 e. The Morgan fingerprint density at radius 3 is 2.77 bits per heavy atom. The first-order valence-electron chi connectivity index (χ1n) is 8.82. The number of ether oxygens (including phenoxy) is 1. The average molecular weight is 357 g/mol. The quantitative estimate of drug-likeness (QED) is 0.637. The first-order chi connectivity index (χ1) is 12.3. The van der Waals surface area contributed by atoms with E-state index >= 15 is 0 Å². The number of likely N-dealkylation sites (tertiary alicyclic amines) is 1. The van der Waals surface area contributed by atoms with E-state index in [1.807, 2.05) is 45.9 Å². The van der Waals surface area contributed by atoms with Gasteiger partial charge in [0.1, 0.15) is 5.60 Å². The maximum absolute atomic E-state index is 12.0. The zero-order chi connectivity index (χ0) is 19.2. The van der Waals surface area contributed by atoms with Crippen molar-refractivity contribution >= 4 is 12.1 Å². The molecule has 1 saturated heterocycles. The van der Waals surface area contributed by atoms with Gasteiger partial charge in [0.25, 0.3) is 0 Å². The molecule has 0 radical (unpaired) electrons. The Morgan fingerprint density at radius 2 is 2.15 bits per heavy atom. The van der Waals surface area contributed by atoms with Crippen molar-refractivity contribution in [2.45, 2.75) is 45.9 Å². The molecule has 140 valence electrons. The van der Waals surface area contributed by atoms with Gasteiger partial charge in [-0.15, -0.1) is 0 Å². The molecule has 0 atom stereocenters. The summed E-state index contributed by atoms with van der Waals surface area (Å²) in [6, 6.07) is 9.69. The van der Waals surface area contributed by atoms with E-state index in [1.54, 1.807) is 11.0 Å². The van der Waals surface area contributed by atoms with Crippen molar-refractivity contribution in [3.8, 4) is 6.07 Å². The van der Waals surface area contributed by atoms with Gasteiger partial charge in [-0.3, -0.25) is 0 Å². The fraction of sp³-hybridized carbons (Fsp3) is 0.526. The maximum Gasteiger partial charge on any atom is 0.410 e. The van der Waals surface area contributed by atoms with Gasteiger partial charge >= 0.3 is 6.09 Å². The molecule has 0 saturated carbocycles. The van der Waals surface area contributed by atoms with Gasteiger partial charge in [0.15, 0.2) is 5.96 Å². The predicted octanol–water partition coefficient (Wildman–Crippen LogP) is 2.23. The summed E-state index contributed by atoms with van der Waals surface area (Å²) in [6.45, 7) is 9.97. The van der Waals surface area contributed by atoms with E-state index in [2.05, 4.69) is 21.7 Å². The number of nitriles is 1. The van der Waals surface area contributed by atoms with Crippen molar-refractivity contribution in [3.05, 3.63) is 35.4 Å². The summed E-state index contributed by atoms with van der Waals surface area (Å²) in [5.41, 5.74) is 1.12. The Morgan fingerprint density at radius 1 is 1.42 bits per heavy atom. The zero-order valence-electron chi connectivity index (χ0n) is 15.9. The van der Waals surface area contributed by atoms with E-state index < -0.39 is 5.60 Å². The van der Waals surface area contributed by atoms with Crippen LogP contribution in [0.1, 0.15) is 38.8 Å². The van der Waals surface area contributed by atoms with Crippen LogP contribution in [0.25, 0.3) is 0 Å². The zero-order valence-corrected chi connectivity index (χ0v) is 15.9. The number of hydrogen-bond donors (Lipinski definition) is 2. The van der Waals surface area contributed by atoms with Crippen LogP contribution >= 0.6 is 0 Å². The van der Waals surface area contributed by atoms with E-state index in [9.17, 15) is 4.79 Å². The highest BCUT2D eigenvalue weighted by atomic mass is 16.6. The second kappa shape index (κ2) is 8.56. The molecule has 1 aromatic rings. The summed E-state index contributed by atoms with van der Waals surface area (Å²) >= 11 is 0. The largest absolute Gasteiger partial charge is 0.444 e. The lowest BCUT2D eigenvalue weighted by atomic mass is 10.1. The van der Waals surface area contributed by atoms with Crippen LogP contribution in [-0.2, 0) is 11.3 Å². The number of carbonyl (C=O) groups is 1. The lowest BCUT2D eigenvalue weighted by molar-refractivity contribution is 0.00701. The van der Waals surface area contributed by atoms with Crippen molar-refractivity contribution < 1.29 is 9.53 Å². The number of nitrogens with zero attached hydrogens (tertiary/aromatic N) is 3. The first kappa shape index (κ1) is 19.6. The molecule has 1 aliphatic heterocycles. The highest BCUT2D eigenvalue weighted by molar-refractivity contribution is 5.80. The van der Waals surface area contributed by atoms with Crippen molar-refractivity contribution in [2.75, 3.05) is 19.6 Å². The van der Waals surface area contributed by atoms with E-state index in [0.29, 0.717) is 31.2 Å². The molecule has 1 amide bonds. The Balaban J connectivity index is 1.87. The van der Waals surface area contributed by atoms with Crippen LogP contribution < -0.4 is 10.6 Å². The lowest BCUT2D eigenvalue weighted by Crippen LogP contribution is -2.63. The Kier molecular flexibility index (Phi) is 6.45. The van der Waals surface area contributed by atoms with Crippen LogP contribution in [-0.4, -0.2) is 48.2 Å². The molecule has 7 nitrogen and oxygen atoms in total. The van der Waals surface area contributed by atoms with Crippen molar-refractivity contribution in [1.29, 1.82) is 5.26 Å². The summed E-state index contributed by atoms with van der Waals surface area (Å²) in [5.74, 6) is 0.698. The van der Waals surface area contributed by atoms with E-state index in [-0.39, 0.29) is 12.1 Å². The van der Waals surface area contributed by atoms with Gasteiger partial charge in [-0.05, 0) is 45.4 Å². The summed E-state index contributed by atoms with van der Waals surface area (Å²) in [7, 11) is 0. The van der Waals surface area contributed by atoms with Gasteiger partial charge in [-0.1, -0.05) is 12.1 Å². The third-order valence-corrected chi connectivity index (χ3v) is 3.69. The van der Waals surface area contributed by atoms with E-state index in [1.165, 1.54) is 0 Å². The van der Waals surface area contributed by atoms with Crippen LogP contribution in [0.3, 0.4) is 0 Å². The molecular formula is C19H27N5O2. The summed E-state index contributed by atoms with van der Waals surface area (Å²) in [4.78, 5) is 18.2. The number of nitrogens with one attached hydrogen (secondary N) is 2. The molecule has 1 aliphatic rings. The highest BCUT2D eigenvalue weighted by Gasteiger charge is 2.34. The van der Waals surface area contributed by atoms with Crippen LogP contribution in [0.15, 0.2) is 29.3 Å². The number of benzene rings is 1. The minimum absolute atomic E-state index is 0.144. The summed E-state index contributed by atoms with van der Waals surface area (Å²) < 4.78 is 5.36. The Hall–Kier alpha value is -2.75. The molecule has 0 unspecified atom stereocenters. The molecule has 2 rings (SSSR count). The molecule has 26 heavy (non-hydrogen) atoms. The normalized spacial score (nSPS) is 15.0. The predicted molar refractivity (Wildman–Crippen MR) is 101 cm³/mol. The lowest BCUT2D eigenvalue weighted by Gasteiger charge is -2.40. The fourth-order valence-corrected chi connectivity index (χ4v) is 2.47. The van der Waals surface area contributed by atoms with Gasteiger partial charge in [0, 0.05) is 19.6 Å². The minimum Gasteiger partial charge on any atom is -0.444 e. The Labute approximate surface area is 155 Å². The van der Waals surface area contributed by atoms with Gasteiger partial charge in [-0.2, -0.15) is 5.26 Å². The van der Waals surface area contributed by atoms with Crippen LogP contribution in [0.4, 0.5) is 4.79 Å². The molecule has 0 aliphatic carbocycles. The minimum atomic E-state index is -0.482.